The van der Waals surface area contributed by atoms with Crippen LogP contribution >= 0.6 is 11.3 Å². The maximum absolute atomic E-state index is 12.5. The molecule has 0 saturated heterocycles. The third-order valence-electron chi connectivity index (χ3n) is 3.72. The third kappa shape index (κ3) is 3.89. The Morgan fingerprint density at radius 1 is 1.24 bits per heavy atom. The lowest BCUT2D eigenvalue weighted by Crippen LogP contribution is -2.24. The van der Waals surface area contributed by atoms with Crippen LogP contribution in [-0.2, 0) is 23.6 Å². The maximum Gasteiger partial charge on any atom is 0.278 e. The highest BCUT2D eigenvalue weighted by atomic mass is 32.2. The van der Waals surface area contributed by atoms with Crippen LogP contribution in [0, 0.1) is 13.8 Å². The third-order valence-corrected chi connectivity index (χ3v) is 6.02. The van der Waals surface area contributed by atoms with Crippen LogP contribution in [0.15, 0.2) is 40.7 Å². The Labute approximate surface area is 150 Å². The minimum absolute atomic E-state index is 0.188. The van der Waals surface area contributed by atoms with Crippen molar-refractivity contribution in [3.8, 4) is 10.9 Å². The fourth-order valence-corrected chi connectivity index (χ4v) is 4.39. The van der Waals surface area contributed by atoms with Crippen LogP contribution in [0.1, 0.15) is 17.0 Å². The summed E-state index contributed by atoms with van der Waals surface area (Å²) in [6.45, 7) is 3.61. The molecule has 0 aliphatic carbocycles. The molecule has 25 heavy (non-hydrogen) atoms. The zero-order valence-electron chi connectivity index (χ0n) is 14.1. The van der Waals surface area contributed by atoms with Gasteiger partial charge in [0.15, 0.2) is 0 Å². The van der Waals surface area contributed by atoms with E-state index in [9.17, 15) is 8.42 Å². The fourth-order valence-electron chi connectivity index (χ4n) is 2.43. The molecule has 0 radical (unpaired) electrons. The Bertz CT molecular complexity index is 962. The smallest absolute Gasteiger partial charge is 0.278 e. The van der Waals surface area contributed by atoms with E-state index in [-0.39, 0.29) is 11.4 Å². The van der Waals surface area contributed by atoms with E-state index >= 15 is 0 Å². The molecule has 2 aromatic heterocycles. The fraction of sp³-hybridized carbons (Fsp3) is 0.250. The summed E-state index contributed by atoms with van der Waals surface area (Å²) in [6.07, 6.45) is 1.67. The molecule has 0 fully saturated rings. The van der Waals surface area contributed by atoms with Crippen molar-refractivity contribution in [2.45, 2.75) is 25.3 Å². The molecule has 0 aliphatic rings. The first-order chi connectivity index (χ1) is 11.9. The molecule has 0 spiro atoms. The molecule has 2 heterocycles. The number of aryl methyl sites for hydroxylation is 2. The second-order valence-electron chi connectivity index (χ2n) is 5.49. The first kappa shape index (κ1) is 17.6. The maximum atomic E-state index is 12.5. The normalized spacial score (nSPS) is 11.6. The van der Waals surface area contributed by atoms with Gasteiger partial charge in [-0.05, 0) is 31.5 Å². The highest BCUT2D eigenvalue weighted by molar-refractivity contribution is 7.89. The molecule has 0 aliphatic heterocycles. The van der Waals surface area contributed by atoms with Crippen LogP contribution < -0.4 is 9.46 Å². The van der Waals surface area contributed by atoms with Crippen LogP contribution in [0.25, 0.3) is 0 Å². The predicted octanol–water partition coefficient (Wildman–Crippen LogP) is 2.76. The van der Waals surface area contributed by atoms with Crippen molar-refractivity contribution in [1.82, 2.24) is 19.5 Å². The summed E-state index contributed by atoms with van der Waals surface area (Å²) in [7, 11) is -1.90. The van der Waals surface area contributed by atoms with Gasteiger partial charge in [-0.2, -0.15) is 5.10 Å². The quantitative estimate of drug-likeness (QED) is 0.713. The molecule has 3 aromatic rings. The van der Waals surface area contributed by atoms with Crippen molar-refractivity contribution in [2.75, 3.05) is 0 Å². The van der Waals surface area contributed by atoms with Crippen LogP contribution in [0.5, 0.6) is 10.9 Å². The van der Waals surface area contributed by atoms with Crippen molar-refractivity contribution in [2.24, 2.45) is 7.05 Å². The topological polar surface area (TPSA) is 86.1 Å². The van der Waals surface area contributed by atoms with E-state index in [2.05, 4.69) is 14.8 Å². The molecule has 132 valence electrons. The van der Waals surface area contributed by atoms with Gasteiger partial charge in [0, 0.05) is 25.2 Å². The van der Waals surface area contributed by atoms with Crippen LogP contribution in [0.2, 0.25) is 0 Å². The van der Waals surface area contributed by atoms with E-state index < -0.39 is 10.0 Å². The van der Waals surface area contributed by atoms with Gasteiger partial charge in [-0.1, -0.05) is 23.5 Å². The number of sulfonamides is 1. The zero-order chi connectivity index (χ0) is 18.0. The van der Waals surface area contributed by atoms with Gasteiger partial charge < -0.3 is 4.74 Å². The van der Waals surface area contributed by atoms with Crippen LogP contribution in [0.4, 0.5) is 0 Å². The summed E-state index contributed by atoms with van der Waals surface area (Å²) >= 11 is 1.40. The Balaban J connectivity index is 1.68. The number of rotatable bonds is 6. The van der Waals surface area contributed by atoms with Gasteiger partial charge in [-0.25, -0.2) is 18.1 Å². The zero-order valence-corrected chi connectivity index (χ0v) is 15.7. The van der Waals surface area contributed by atoms with Gasteiger partial charge in [0.25, 0.3) is 5.19 Å². The lowest BCUT2D eigenvalue weighted by atomic mass is 10.2. The standard InChI is InChI=1S/C16H18N4O3S2/c1-11-15(12(2)20(3)19-11)25(21,22)18-10-13-4-6-14(7-5-13)23-16-17-8-9-24-16/h4-9,18H,10H2,1-3H3. The molecule has 0 saturated carbocycles. The van der Waals surface area contributed by atoms with Crippen LogP contribution in [-0.4, -0.2) is 23.2 Å². The highest BCUT2D eigenvalue weighted by Crippen LogP contribution is 2.24. The second-order valence-corrected chi connectivity index (χ2v) is 8.05. The summed E-state index contributed by atoms with van der Waals surface area (Å²) in [5.74, 6) is 0.653. The lowest BCUT2D eigenvalue weighted by molar-refractivity contribution is 0.478. The van der Waals surface area contributed by atoms with Crippen molar-refractivity contribution < 1.29 is 13.2 Å². The van der Waals surface area contributed by atoms with E-state index in [1.165, 1.54) is 11.3 Å². The average molecular weight is 378 g/mol. The molecule has 0 atom stereocenters. The number of hydrogen-bond donors (Lipinski definition) is 1. The first-order valence-electron chi connectivity index (χ1n) is 7.53. The van der Waals surface area contributed by atoms with E-state index in [0.29, 0.717) is 22.3 Å². The summed E-state index contributed by atoms with van der Waals surface area (Å²) in [6, 6.07) is 7.19. The van der Waals surface area contributed by atoms with E-state index in [4.69, 9.17) is 4.74 Å². The SMILES string of the molecule is Cc1nn(C)c(C)c1S(=O)(=O)NCc1ccc(Oc2nccs2)cc1. The predicted molar refractivity (Wildman–Crippen MR) is 95.3 cm³/mol. The number of thiazole rings is 1. The van der Waals surface area contributed by atoms with Gasteiger partial charge in [0.05, 0.1) is 11.4 Å². The van der Waals surface area contributed by atoms with Gasteiger partial charge in [-0.3, -0.25) is 4.68 Å². The van der Waals surface area contributed by atoms with Crippen LogP contribution in [0.3, 0.4) is 0 Å². The number of aromatic nitrogens is 3. The Morgan fingerprint density at radius 3 is 2.52 bits per heavy atom. The van der Waals surface area contributed by atoms with Crippen molar-refractivity contribution in [3.05, 3.63) is 52.8 Å². The van der Waals surface area contributed by atoms with Gasteiger partial charge in [-0.15, -0.1) is 0 Å². The number of hydrogen-bond acceptors (Lipinski definition) is 6. The van der Waals surface area contributed by atoms with Crippen molar-refractivity contribution in [1.29, 1.82) is 0 Å². The van der Waals surface area contributed by atoms with Gasteiger partial charge >= 0.3 is 0 Å². The summed E-state index contributed by atoms with van der Waals surface area (Å²) in [4.78, 5) is 4.29. The molecule has 0 bridgehead atoms. The summed E-state index contributed by atoms with van der Waals surface area (Å²) < 4.78 is 34.8. The molecule has 1 aromatic carbocycles. The number of nitrogens with zero attached hydrogens (tertiary/aromatic N) is 3. The Kier molecular flexibility index (Phi) is 4.89. The van der Waals surface area contributed by atoms with Gasteiger partial charge in [0.2, 0.25) is 10.0 Å². The average Bonchev–Trinajstić information content (AvgIpc) is 3.15. The molecule has 7 nitrogen and oxygen atoms in total. The Morgan fingerprint density at radius 2 is 1.96 bits per heavy atom. The number of benzene rings is 1. The molecular formula is C16H18N4O3S2. The van der Waals surface area contributed by atoms with E-state index in [1.54, 1.807) is 43.9 Å². The molecule has 1 N–H and O–H groups in total. The molecule has 3 rings (SSSR count). The van der Waals surface area contributed by atoms with E-state index in [0.717, 1.165) is 5.56 Å². The second kappa shape index (κ2) is 6.95. The largest absolute Gasteiger partial charge is 0.431 e. The van der Waals surface area contributed by atoms with Gasteiger partial charge in [0.1, 0.15) is 10.6 Å². The molecule has 9 heteroatoms. The minimum Gasteiger partial charge on any atom is -0.431 e. The van der Waals surface area contributed by atoms with E-state index in [1.807, 2.05) is 17.5 Å². The Hall–Kier alpha value is -2.23. The number of ether oxygens (including phenoxy) is 1. The molecular weight excluding hydrogens is 360 g/mol. The molecule has 0 amide bonds. The monoisotopic (exact) mass is 378 g/mol. The van der Waals surface area contributed by atoms with Crippen molar-refractivity contribution >= 4 is 21.4 Å². The first-order valence-corrected chi connectivity index (χ1v) is 9.89. The van der Waals surface area contributed by atoms with Crippen molar-refractivity contribution in [3.63, 3.8) is 0 Å². The highest BCUT2D eigenvalue weighted by Gasteiger charge is 2.23. The summed E-state index contributed by atoms with van der Waals surface area (Å²) in [5.41, 5.74) is 1.92. The lowest BCUT2D eigenvalue weighted by Gasteiger charge is -2.08. The molecule has 0 unspecified atom stereocenters. The summed E-state index contributed by atoms with van der Waals surface area (Å²) in [5, 5.41) is 6.55. The minimum atomic E-state index is -3.62. The number of nitrogens with one attached hydrogen (secondary N) is 1.